The first-order valence-corrected chi connectivity index (χ1v) is 8.73. The summed E-state index contributed by atoms with van der Waals surface area (Å²) in [7, 11) is 1.69. The molecule has 2 aromatic rings. The van der Waals surface area contributed by atoms with E-state index in [0.717, 1.165) is 23.7 Å². The zero-order valence-corrected chi connectivity index (χ0v) is 14.7. The van der Waals surface area contributed by atoms with E-state index in [4.69, 9.17) is 0 Å². The number of amides is 1. The standard InChI is InChI=1S/C17H21N5OS/c1-12-9-19-15(24-12)10-20-17(18-2)21-11-16(23)22-8-7-13-5-3-4-6-14(13)22/h3-6,9H,7-8,10-11H2,1-2H3,(H2,18,20,21). The maximum absolute atomic E-state index is 12.5. The van der Waals surface area contributed by atoms with E-state index in [1.165, 1.54) is 10.4 Å². The highest BCUT2D eigenvalue weighted by atomic mass is 32.1. The highest BCUT2D eigenvalue weighted by Gasteiger charge is 2.23. The lowest BCUT2D eigenvalue weighted by atomic mass is 10.2. The third-order valence-electron chi connectivity index (χ3n) is 3.90. The molecule has 7 heteroatoms. The molecular formula is C17H21N5OS. The SMILES string of the molecule is CN=C(NCC(=O)N1CCc2ccccc21)NCc1ncc(C)s1. The van der Waals surface area contributed by atoms with E-state index in [1.807, 2.05) is 36.2 Å². The molecule has 0 radical (unpaired) electrons. The number of aromatic nitrogens is 1. The van der Waals surface area contributed by atoms with Gasteiger partial charge >= 0.3 is 0 Å². The van der Waals surface area contributed by atoms with Gasteiger partial charge in [0.25, 0.3) is 0 Å². The van der Waals surface area contributed by atoms with Crippen LogP contribution in [0.2, 0.25) is 0 Å². The fraction of sp³-hybridized carbons (Fsp3) is 0.353. The number of hydrogen-bond donors (Lipinski definition) is 2. The fourth-order valence-electron chi connectivity index (χ4n) is 2.72. The lowest BCUT2D eigenvalue weighted by molar-refractivity contribution is -0.117. The van der Waals surface area contributed by atoms with E-state index in [0.29, 0.717) is 12.5 Å². The van der Waals surface area contributed by atoms with Crippen LogP contribution in [0.4, 0.5) is 5.69 Å². The highest BCUT2D eigenvalue weighted by Crippen LogP contribution is 2.27. The lowest BCUT2D eigenvalue weighted by Crippen LogP contribution is -2.44. The maximum atomic E-state index is 12.5. The summed E-state index contributed by atoms with van der Waals surface area (Å²) in [6.07, 6.45) is 2.77. The number of thiazole rings is 1. The summed E-state index contributed by atoms with van der Waals surface area (Å²) >= 11 is 1.65. The Morgan fingerprint density at radius 1 is 1.38 bits per heavy atom. The number of fused-ring (bicyclic) bond motifs is 1. The molecule has 2 heterocycles. The molecule has 1 aromatic heterocycles. The molecule has 6 nitrogen and oxygen atoms in total. The van der Waals surface area contributed by atoms with Crippen LogP contribution in [-0.4, -0.2) is 37.0 Å². The summed E-state index contributed by atoms with van der Waals surface area (Å²) < 4.78 is 0. The number of carbonyl (C=O) groups is 1. The molecule has 0 fully saturated rings. The lowest BCUT2D eigenvalue weighted by Gasteiger charge is -2.18. The Labute approximate surface area is 145 Å². The fourth-order valence-corrected chi connectivity index (χ4v) is 3.44. The molecule has 1 aliphatic heterocycles. The van der Waals surface area contributed by atoms with Crippen LogP contribution in [0.1, 0.15) is 15.4 Å². The Morgan fingerprint density at radius 2 is 2.21 bits per heavy atom. The van der Waals surface area contributed by atoms with Crippen molar-refractivity contribution in [3.63, 3.8) is 0 Å². The predicted molar refractivity (Wildman–Crippen MR) is 97.6 cm³/mol. The van der Waals surface area contributed by atoms with E-state index in [9.17, 15) is 4.79 Å². The molecule has 0 bridgehead atoms. The largest absolute Gasteiger partial charge is 0.350 e. The summed E-state index contributed by atoms with van der Waals surface area (Å²) in [5.74, 6) is 0.650. The first-order valence-electron chi connectivity index (χ1n) is 7.91. The highest BCUT2D eigenvalue weighted by molar-refractivity contribution is 7.11. The topological polar surface area (TPSA) is 69.6 Å². The van der Waals surface area contributed by atoms with Crippen LogP contribution in [0.5, 0.6) is 0 Å². The van der Waals surface area contributed by atoms with Gasteiger partial charge in [-0.3, -0.25) is 9.79 Å². The Balaban J connectivity index is 1.52. The van der Waals surface area contributed by atoms with Crippen LogP contribution in [0.3, 0.4) is 0 Å². The summed E-state index contributed by atoms with van der Waals surface area (Å²) in [5, 5.41) is 7.25. The second kappa shape index (κ2) is 7.44. The van der Waals surface area contributed by atoms with Crippen molar-refractivity contribution in [3.8, 4) is 0 Å². The zero-order valence-electron chi connectivity index (χ0n) is 13.9. The number of carbonyl (C=O) groups excluding carboxylic acids is 1. The number of benzene rings is 1. The number of hydrogen-bond acceptors (Lipinski definition) is 4. The average Bonchev–Trinajstić information content (AvgIpc) is 3.21. The quantitative estimate of drug-likeness (QED) is 0.655. The predicted octanol–water partition coefficient (Wildman–Crippen LogP) is 1.71. The molecule has 1 amide bonds. The number of guanidine groups is 1. The van der Waals surface area contributed by atoms with Crippen LogP contribution in [0.15, 0.2) is 35.5 Å². The molecule has 0 aliphatic carbocycles. The minimum absolute atomic E-state index is 0.0491. The minimum atomic E-state index is 0.0491. The van der Waals surface area contributed by atoms with Gasteiger partial charge in [0.05, 0.1) is 13.1 Å². The van der Waals surface area contributed by atoms with Crippen LogP contribution in [0, 0.1) is 6.92 Å². The van der Waals surface area contributed by atoms with Gasteiger partial charge in [-0.25, -0.2) is 4.98 Å². The molecular weight excluding hydrogens is 322 g/mol. The van der Waals surface area contributed by atoms with Crippen molar-refractivity contribution >= 4 is 28.9 Å². The van der Waals surface area contributed by atoms with E-state index < -0.39 is 0 Å². The van der Waals surface area contributed by atoms with E-state index >= 15 is 0 Å². The molecule has 1 aromatic carbocycles. The van der Waals surface area contributed by atoms with Gasteiger partial charge in [0.2, 0.25) is 5.91 Å². The first kappa shape index (κ1) is 16.4. The van der Waals surface area contributed by atoms with Crippen LogP contribution >= 0.6 is 11.3 Å². The molecule has 0 atom stereocenters. The van der Waals surface area contributed by atoms with E-state index in [1.54, 1.807) is 18.4 Å². The first-order chi connectivity index (χ1) is 11.7. The molecule has 2 N–H and O–H groups in total. The maximum Gasteiger partial charge on any atom is 0.246 e. The van der Waals surface area contributed by atoms with E-state index in [-0.39, 0.29) is 12.5 Å². The summed E-state index contributed by atoms with van der Waals surface area (Å²) in [6, 6.07) is 8.05. The van der Waals surface area contributed by atoms with Crippen LogP contribution in [0.25, 0.3) is 0 Å². The Kier molecular flexibility index (Phi) is 5.10. The van der Waals surface area contributed by atoms with Crippen molar-refractivity contribution in [2.45, 2.75) is 19.9 Å². The number of aryl methyl sites for hydroxylation is 1. The van der Waals surface area contributed by atoms with Crippen molar-refractivity contribution in [2.75, 3.05) is 25.0 Å². The van der Waals surface area contributed by atoms with Crippen molar-refractivity contribution in [2.24, 2.45) is 4.99 Å². The Bertz CT molecular complexity index is 755. The third kappa shape index (κ3) is 3.73. The van der Waals surface area contributed by atoms with Crippen molar-refractivity contribution in [3.05, 3.63) is 45.9 Å². The molecule has 0 saturated carbocycles. The minimum Gasteiger partial charge on any atom is -0.350 e. The molecule has 1 aliphatic rings. The number of rotatable bonds is 4. The monoisotopic (exact) mass is 343 g/mol. The average molecular weight is 343 g/mol. The van der Waals surface area contributed by atoms with Gasteiger partial charge in [-0.15, -0.1) is 11.3 Å². The molecule has 3 rings (SSSR count). The smallest absolute Gasteiger partial charge is 0.246 e. The number of aliphatic imine (C=N–C) groups is 1. The molecule has 0 saturated heterocycles. The van der Waals surface area contributed by atoms with Gasteiger partial charge < -0.3 is 15.5 Å². The zero-order chi connectivity index (χ0) is 16.9. The second-order valence-corrected chi connectivity index (χ2v) is 6.89. The Hall–Kier alpha value is -2.41. The molecule has 0 spiro atoms. The normalized spacial score (nSPS) is 13.8. The molecule has 126 valence electrons. The van der Waals surface area contributed by atoms with Gasteiger partial charge in [-0.2, -0.15) is 0 Å². The van der Waals surface area contributed by atoms with Crippen molar-refractivity contribution in [1.29, 1.82) is 0 Å². The summed E-state index contributed by atoms with van der Waals surface area (Å²) in [4.78, 5) is 23.9. The van der Waals surface area contributed by atoms with Crippen molar-refractivity contribution in [1.82, 2.24) is 15.6 Å². The second-order valence-electron chi connectivity index (χ2n) is 5.57. The van der Waals surface area contributed by atoms with Crippen molar-refractivity contribution < 1.29 is 4.79 Å². The Morgan fingerprint density at radius 3 is 2.96 bits per heavy atom. The van der Waals surface area contributed by atoms with Crippen LogP contribution in [-0.2, 0) is 17.8 Å². The summed E-state index contributed by atoms with van der Waals surface area (Å²) in [6.45, 7) is 3.58. The van der Waals surface area contributed by atoms with Crippen LogP contribution < -0.4 is 15.5 Å². The van der Waals surface area contributed by atoms with Gasteiger partial charge in [0.15, 0.2) is 5.96 Å². The summed E-state index contributed by atoms with van der Waals surface area (Å²) in [5.41, 5.74) is 2.25. The van der Waals surface area contributed by atoms with Gasteiger partial charge in [-0.05, 0) is 25.0 Å². The van der Waals surface area contributed by atoms with E-state index in [2.05, 4.69) is 26.7 Å². The molecule has 0 unspecified atom stereocenters. The third-order valence-corrected chi connectivity index (χ3v) is 4.81. The number of anilines is 1. The number of para-hydroxylation sites is 1. The number of nitrogens with zero attached hydrogens (tertiary/aromatic N) is 3. The van der Waals surface area contributed by atoms with Gasteiger partial charge in [0, 0.05) is 30.4 Å². The molecule has 24 heavy (non-hydrogen) atoms. The van der Waals surface area contributed by atoms with Gasteiger partial charge in [0.1, 0.15) is 5.01 Å². The number of nitrogens with one attached hydrogen (secondary N) is 2. The van der Waals surface area contributed by atoms with Gasteiger partial charge in [-0.1, -0.05) is 18.2 Å².